The summed E-state index contributed by atoms with van der Waals surface area (Å²) in [6, 6.07) is 12.7. The lowest BCUT2D eigenvalue weighted by Gasteiger charge is -2.33. The highest BCUT2D eigenvalue weighted by Crippen LogP contribution is 2.38. The molecule has 2 aromatic carbocycles. The molecule has 3 N–H and O–H groups in total. The lowest BCUT2D eigenvalue weighted by molar-refractivity contribution is 0.478. The Morgan fingerprint density at radius 3 is 2.88 bits per heavy atom. The van der Waals surface area contributed by atoms with E-state index in [9.17, 15) is 8.42 Å². The van der Waals surface area contributed by atoms with Crippen LogP contribution < -0.4 is 20.1 Å². The van der Waals surface area contributed by atoms with Crippen LogP contribution in [0.15, 0.2) is 47.4 Å². The second-order valence-electron chi connectivity index (χ2n) is 6.06. The first-order valence-electron chi connectivity index (χ1n) is 7.97. The second kappa shape index (κ2) is 5.77. The summed E-state index contributed by atoms with van der Waals surface area (Å²) < 4.78 is 33.6. The van der Waals surface area contributed by atoms with E-state index in [1.807, 2.05) is 36.4 Å². The van der Waals surface area contributed by atoms with Crippen molar-refractivity contribution < 1.29 is 13.2 Å². The Bertz CT molecular complexity index is 882. The van der Waals surface area contributed by atoms with Crippen molar-refractivity contribution in [3.63, 3.8) is 0 Å². The van der Waals surface area contributed by atoms with E-state index in [4.69, 9.17) is 10.5 Å². The van der Waals surface area contributed by atoms with Gasteiger partial charge in [-0.1, -0.05) is 12.1 Å². The number of benzene rings is 2. The summed E-state index contributed by atoms with van der Waals surface area (Å²) in [5.41, 5.74) is 7.35. The molecule has 0 spiro atoms. The number of sulfonamides is 1. The fraction of sp³-hybridized carbons (Fsp3) is 0.294. The molecule has 4 rings (SSSR count). The first-order chi connectivity index (χ1) is 11.6. The Kier molecular flexibility index (Phi) is 3.71. The van der Waals surface area contributed by atoms with Gasteiger partial charge in [0.1, 0.15) is 16.4 Å². The van der Waals surface area contributed by atoms with Gasteiger partial charge in [-0.25, -0.2) is 8.42 Å². The minimum Gasteiger partial charge on any atom is -0.457 e. The predicted molar refractivity (Wildman–Crippen MR) is 91.5 cm³/mol. The van der Waals surface area contributed by atoms with Gasteiger partial charge in [-0.3, -0.25) is 0 Å². The quantitative estimate of drug-likeness (QED) is 0.890. The highest BCUT2D eigenvalue weighted by molar-refractivity contribution is 7.89. The van der Waals surface area contributed by atoms with Gasteiger partial charge in [0.05, 0.1) is 11.9 Å². The minimum absolute atomic E-state index is 0.129. The predicted octanol–water partition coefficient (Wildman–Crippen LogP) is 2.16. The van der Waals surface area contributed by atoms with Crippen LogP contribution in [0.4, 0.5) is 5.69 Å². The zero-order chi connectivity index (χ0) is 16.7. The van der Waals surface area contributed by atoms with Gasteiger partial charge in [-0.2, -0.15) is 4.72 Å². The molecule has 1 fully saturated rings. The number of rotatable bonds is 3. The van der Waals surface area contributed by atoms with Gasteiger partial charge in [0.15, 0.2) is 0 Å². The topological polar surface area (TPSA) is 84.7 Å². The molecule has 0 aliphatic carbocycles. The number of ether oxygens (including phenoxy) is 1. The Labute approximate surface area is 141 Å². The van der Waals surface area contributed by atoms with Crippen molar-refractivity contribution in [2.75, 3.05) is 11.4 Å². The van der Waals surface area contributed by atoms with Crippen molar-refractivity contribution in [2.24, 2.45) is 5.73 Å². The molecule has 7 heteroatoms. The molecule has 0 saturated carbocycles. The Morgan fingerprint density at radius 1 is 1.21 bits per heavy atom. The zero-order valence-corrected chi connectivity index (χ0v) is 13.9. The van der Waals surface area contributed by atoms with Crippen LogP contribution in [0.3, 0.4) is 0 Å². The van der Waals surface area contributed by atoms with Crippen molar-refractivity contribution in [3.05, 3.63) is 48.0 Å². The highest BCUT2D eigenvalue weighted by Gasteiger charge is 2.37. The van der Waals surface area contributed by atoms with Gasteiger partial charge in [0, 0.05) is 19.2 Å². The standard InChI is InChI=1S/C17H19N3O3S/c18-11-12-3-1-4-13(9-12)23-14-6-7-15-16(10-14)24(21,22)19-17-5-2-8-20(15)17/h1,3-4,6-7,9-10,17,19H,2,5,8,11,18H2. The normalized spacial score (nSPS) is 21.2. The molecule has 2 aliphatic heterocycles. The summed E-state index contributed by atoms with van der Waals surface area (Å²) in [4.78, 5) is 2.38. The van der Waals surface area contributed by atoms with E-state index in [2.05, 4.69) is 9.62 Å². The van der Waals surface area contributed by atoms with E-state index < -0.39 is 10.0 Å². The summed E-state index contributed by atoms with van der Waals surface area (Å²) in [6.45, 7) is 1.29. The van der Waals surface area contributed by atoms with E-state index in [1.165, 1.54) is 0 Å². The molecule has 2 aromatic rings. The first-order valence-corrected chi connectivity index (χ1v) is 9.45. The smallest absolute Gasteiger partial charge is 0.244 e. The number of anilines is 1. The van der Waals surface area contributed by atoms with E-state index >= 15 is 0 Å². The van der Waals surface area contributed by atoms with Crippen LogP contribution in [-0.4, -0.2) is 21.1 Å². The van der Waals surface area contributed by atoms with E-state index in [1.54, 1.807) is 6.07 Å². The van der Waals surface area contributed by atoms with Crippen LogP contribution in [0.2, 0.25) is 0 Å². The summed E-state index contributed by atoms with van der Waals surface area (Å²) in [7, 11) is -3.52. The number of fused-ring (bicyclic) bond motifs is 3. The largest absolute Gasteiger partial charge is 0.457 e. The van der Waals surface area contributed by atoms with Crippen LogP contribution in [-0.2, 0) is 16.6 Å². The van der Waals surface area contributed by atoms with Crippen LogP contribution in [0.25, 0.3) is 0 Å². The Hall–Kier alpha value is -2.09. The molecule has 0 bridgehead atoms. The number of hydrogen-bond donors (Lipinski definition) is 2. The van der Waals surface area contributed by atoms with E-state index in [0.717, 1.165) is 30.6 Å². The summed E-state index contributed by atoms with van der Waals surface area (Å²) in [5.74, 6) is 1.13. The van der Waals surface area contributed by atoms with Crippen molar-refractivity contribution in [1.29, 1.82) is 0 Å². The van der Waals surface area contributed by atoms with Crippen LogP contribution in [0, 0.1) is 0 Å². The van der Waals surface area contributed by atoms with Crippen molar-refractivity contribution in [2.45, 2.75) is 30.4 Å². The average Bonchev–Trinajstić information content (AvgIpc) is 3.02. The SMILES string of the molecule is NCc1cccc(Oc2ccc3c(c2)S(=O)(=O)NC2CCCN32)c1. The molecule has 1 saturated heterocycles. The van der Waals surface area contributed by atoms with Crippen molar-refractivity contribution in [3.8, 4) is 11.5 Å². The number of hydrogen-bond acceptors (Lipinski definition) is 5. The molecule has 2 heterocycles. The van der Waals surface area contributed by atoms with E-state index in [-0.39, 0.29) is 11.1 Å². The third-order valence-electron chi connectivity index (χ3n) is 4.44. The van der Waals surface area contributed by atoms with Gasteiger partial charge in [-0.05, 0) is 42.7 Å². The molecule has 0 aromatic heterocycles. The van der Waals surface area contributed by atoms with Crippen LogP contribution in [0.5, 0.6) is 11.5 Å². The fourth-order valence-corrected chi connectivity index (χ4v) is 4.76. The van der Waals surface area contributed by atoms with Crippen LogP contribution in [0.1, 0.15) is 18.4 Å². The third-order valence-corrected chi connectivity index (χ3v) is 5.93. The Morgan fingerprint density at radius 2 is 2.04 bits per heavy atom. The number of nitrogens with two attached hydrogens (primary N) is 1. The van der Waals surface area contributed by atoms with Gasteiger partial charge in [-0.15, -0.1) is 0 Å². The molecule has 2 aliphatic rings. The molecule has 1 atom stereocenters. The maximum atomic E-state index is 12.5. The van der Waals surface area contributed by atoms with Gasteiger partial charge >= 0.3 is 0 Å². The van der Waals surface area contributed by atoms with Crippen molar-refractivity contribution in [1.82, 2.24) is 4.72 Å². The van der Waals surface area contributed by atoms with Crippen LogP contribution >= 0.6 is 0 Å². The second-order valence-corrected chi connectivity index (χ2v) is 7.74. The highest BCUT2D eigenvalue weighted by atomic mass is 32.2. The number of nitrogens with zero attached hydrogens (tertiary/aromatic N) is 1. The minimum atomic E-state index is -3.52. The maximum Gasteiger partial charge on any atom is 0.244 e. The number of nitrogens with one attached hydrogen (secondary N) is 1. The lowest BCUT2D eigenvalue weighted by Crippen LogP contribution is -2.48. The third kappa shape index (κ3) is 2.64. The molecule has 24 heavy (non-hydrogen) atoms. The zero-order valence-electron chi connectivity index (χ0n) is 13.1. The molecular formula is C17H19N3O3S. The monoisotopic (exact) mass is 345 g/mol. The van der Waals surface area contributed by atoms with E-state index in [0.29, 0.717) is 18.0 Å². The molecule has 1 unspecified atom stereocenters. The molecule has 0 radical (unpaired) electrons. The molecular weight excluding hydrogens is 326 g/mol. The Balaban J connectivity index is 1.70. The van der Waals surface area contributed by atoms with Crippen molar-refractivity contribution >= 4 is 15.7 Å². The molecule has 126 valence electrons. The lowest BCUT2D eigenvalue weighted by atomic mass is 10.2. The summed E-state index contributed by atoms with van der Waals surface area (Å²) in [5, 5.41) is 0. The molecule has 6 nitrogen and oxygen atoms in total. The maximum absolute atomic E-state index is 12.5. The average molecular weight is 345 g/mol. The van der Waals surface area contributed by atoms with Gasteiger partial charge < -0.3 is 15.4 Å². The van der Waals surface area contributed by atoms with Gasteiger partial charge in [0.2, 0.25) is 10.0 Å². The summed E-state index contributed by atoms with van der Waals surface area (Å²) in [6.07, 6.45) is 1.69. The first kappa shape index (κ1) is 15.4. The van der Waals surface area contributed by atoms with Gasteiger partial charge in [0.25, 0.3) is 0 Å². The molecule has 0 amide bonds. The summed E-state index contributed by atoms with van der Waals surface area (Å²) >= 11 is 0. The fourth-order valence-electron chi connectivity index (χ4n) is 3.30.